The number of nitrogens with one attached hydrogen (secondary N) is 1. The zero-order chi connectivity index (χ0) is 68.2. The first-order valence-electron chi connectivity index (χ1n) is 30.7. The van der Waals surface area contributed by atoms with Crippen LogP contribution in [0.25, 0.3) is 11.3 Å². The van der Waals surface area contributed by atoms with Gasteiger partial charge in [0.05, 0.1) is 27.9 Å². The molecule has 2 saturated carbocycles. The molecule has 0 radical (unpaired) electrons. The third-order valence-corrected chi connectivity index (χ3v) is 17.9. The molecule has 5 aliphatic heterocycles. The Labute approximate surface area is 537 Å². The number of nitrogens with zero attached hydrogens (tertiary/aromatic N) is 7. The summed E-state index contributed by atoms with van der Waals surface area (Å²) < 4.78 is 119. The van der Waals surface area contributed by atoms with Crippen LogP contribution in [-0.2, 0) is 51.3 Å². The standard InChI is InChI=1S/C15H14F3N3O.C15H16F3NO.C14H18N2O.C13H12F3NO3.C11H12ClNO/c1-8(2)21-7-11-10(14(21)22)5-9(13-3-4-19-20-13)6-12(11)15(16,17)18;1-8(2)19-7-12-11(14(19)20)5-10(9-3-4-9)6-13(12)15(16,17)18;1-9(2)16-8-12-11(14(16)17)6-7-15-13(12)10-4-3-5-10;1-6(2)17-5-9-8(11(17)18)3-7(12(19)20)4-10(9)13(14,15)16;1-7(2)13-6-8-5-9(12)3-4-10(8)11(13)14/h3-6,8H,7H2,1-2H3,(H,19,20);5-6,8-9H,3-4,7H2,1-2H3;6-7,9-10H,3-5,8H2,1-2H3;3-4,6H,5H2,1-2H3,(H,19,20);3-5,7H,6H2,1-2H3. The number of carboxylic acid groups (broad SMARTS) is 1. The molecule has 5 amide bonds. The van der Waals surface area contributed by atoms with E-state index < -0.39 is 52.7 Å². The topological polar surface area (TPSA) is 180 Å². The van der Waals surface area contributed by atoms with Crippen molar-refractivity contribution in [2.24, 2.45) is 0 Å². The summed E-state index contributed by atoms with van der Waals surface area (Å²) in [4.78, 5) is 84.2. The summed E-state index contributed by atoms with van der Waals surface area (Å²) >= 11 is 5.87. The maximum Gasteiger partial charge on any atom is 0.416 e. The van der Waals surface area contributed by atoms with Gasteiger partial charge in [0.25, 0.3) is 29.5 Å². The van der Waals surface area contributed by atoms with Crippen LogP contribution in [0, 0.1) is 0 Å². The minimum atomic E-state index is -4.69. The van der Waals surface area contributed by atoms with Crippen molar-refractivity contribution in [1.82, 2.24) is 39.7 Å². The largest absolute Gasteiger partial charge is 0.478 e. The van der Waals surface area contributed by atoms with Crippen molar-refractivity contribution in [1.29, 1.82) is 0 Å². The van der Waals surface area contributed by atoms with Gasteiger partial charge < -0.3 is 29.6 Å². The van der Waals surface area contributed by atoms with Gasteiger partial charge in [-0.25, -0.2) is 4.79 Å². The van der Waals surface area contributed by atoms with Gasteiger partial charge in [-0.15, -0.1) is 0 Å². The summed E-state index contributed by atoms with van der Waals surface area (Å²) in [6.07, 6.45) is -4.74. The zero-order valence-electron chi connectivity index (χ0n) is 52.9. The molecule has 2 N–H and O–H groups in total. The number of alkyl halides is 9. The molecule has 7 aliphatic rings. The van der Waals surface area contributed by atoms with E-state index >= 15 is 0 Å². The van der Waals surface area contributed by atoms with Crippen LogP contribution in [0.4, 0.5) is 39.5 Å². The summed E-state index contributed by atoms with van der Waals surface area (Å²) in [5.74, 6) is -1.60. The van der Waals surface area contributed by atoms with Crippen molar-refractivity contribution in [2.45, 2.75) is 195 Å². The van der Waals surface area contributed by atoms with Gasteiger partial charge in [-0.1, -0.05) is 18.0 Å². The van der Waals surface area contributed by atoms with Crippen molar-refractivity contribution in [3.63, 3.8) is 0 Å². The zero-order valence-corrected chi connectivity index (χ0v) is 53.7. The molecule has 2 aromatic heterocycles. The Hall–Kier alpha value is -8.28. The summed E-state index contributed by atoms with van der Waals surface area (Å²) in [7, 11) is 0. The van der Waals surface area contributed by atoms with Gasteiger partial charge in [-0.05, 0) is 195 Å². The number of aromatic carboxylic acids is 1. The van der Waals surface area contributed by atoms with E-state index in [9.17, 15) is 68.3 Å². The van der Waals surface area contributed by atoms with Crippen LogP contribution in [-0.4, -0.2) is 111 Å². The summed E-state index contributed by atoms with van der Waals surface area (Å²) in [5.41, 5.74) is 3.77. The molecule has 25 heteroatoms. The lowest BCUT2D eigenvalue weighted by Gasteiger charge is -2.26. The minimum Gasteiger partial charge on any atom is -0.478 e. The molecule has 2 aliphatic carbocycles. The molecule has 93 heavy (non-hydrogen) atoms. The molecule has 0 saturated heterocycles. The van der Waals surface area contributed by atoms with E-state index in [2.05, 4.69) is 29.0 Å². The van der Waals surface area contributed by atoms with Gasteiger partial charge in [0, 0.05) is 131 Å². The lowest BCUT2D eigenvalue weighted by Crippen LogP contribution is -2.30. The second-order valence-electron chi connectivity index (χ2n) is 25.5. The molecular formula is C68H72ClF9N8O7. The van der Waals surface area contributed by atoms with Gasteiger partial charge in [-0.2, -0.15) is 44.6 Å². The molecule has 496 valence electrons. The molecule has 4 aromatic carbocycles. The fourth-order valence-corrected chi connectivity index (χ4v) is 12.3. The molecular weight excluding hydrogens is 1250 g/mol. The van der Waals surface area contributed by atoms with E-state index in [-0.39, 0.29) is 113 Å². The first kappa shape index (κ1) is 69.1. The molecule has 13 rings (SSSR count). The highest BCUT2D eigenvalue weighted by Crippen LogP contribution is 2.47. The minimum absolute atomic E-state index is 0.00999. The molecule has 2 fully saturated rings. The third-order valence-electron chi connectivity index (χ3n) is 17.7. The summed E-state index contributed by atoms with van der Waals surface area (Å²) in [6, 6.07) is 16.0. The number of hydrogen-bond acceptors (Lipinski definition) is 8. The van der Waals surface area contributed by atoms with Crippen molar-refractivity contribution in [3.05, 3.63) is 173 Å². The average Bonchev–Trinajstić information content (AvgIpc) is 1.66. The highest BCUT2D eigenvalue weighted by molar-refractivity contribution is 6.30. The van der Waals surface area contributed by atoms with Gasteiger partial charge in [-0.3, -0.25) is 34.1 Å². The van der Waals surface area contributed by atoms with E-state index in [0.29, 0.717) is 40.4 Å². The van der Waals surface area contributed by atoms with Crippen molar-refractivity contribution in [3.8, 4) is 11.3 Å². The van der Waals surface area contributed by atoms with Gasteiger partial charge in [0.2, 0.25) is 0 Å². The monoisotopic (exact) mass is 1320 g/mol. The molecule has 7 heterocycles. The molecule has 0 unspecified atom stereocenters. The second kappa shape index (κ2) is 26.6. The Morgan fingerprint density at radius 1 is 0.495 bits per heavy atom. The highest BCUT2D eigenvalue weighted by atomic mass is 35.5. The average molecular weight is 1320 g/mol. The smallest absolute Gasteiger partial charge is 0.416 e. The first-order valence-corrected chi connectivity index (χ1v) is 31.1. The number of rotatable bonds is 9. The normalized spacial score (nSPS) is 16.7. The lowest BCUT2D eigenvalue weighted by atomic mass is 9.80. The quantitative estimate of drug-likeness (QED) is 0.133. The van der Waals surface area contributed by atoms with Crippen LogP contribution in [0.15, 0.2) is 79.1 Å². The van der Waals surface area contributed by atoms with Gasteiger partial charge in [0.15, 0.2) is 0 Å². The van der Waals surface area contributed by atoms with Crippen LogP contribution in [0.1, 0.15) is 231 Å². The summed E-state index contributed by atoms with van der Waals surface area (Å²) in [5, 5.41) is 15.9. The number of pyridine rings is 1. The van der Waals surface area contributed by atoms with Crippen LogP contribution in [0.2, 0.25) is 5.02 Å². The van der Waals surface area contributed by atoms with E-state index in [4.69, 9.17) is 16.7 Å². The Morgan fingerprint density at radius 2 is 0.935 bits per heavy atom. The Kier molecular flexibility index (Phi) is 19.8. The molecule has 0 spiro atoms. The number of fused-ring (bicyclic) bond motifs is 5. The number of carbonyl (C=O) groups excluding carboxylic acids is 5. The SMILES string of the molecule is CC(C)N1Cc2c(cc(-c3ccn[nH]3)cc2C(F)(F)F)C1=O.CC(C)N1Cc2c(cc(C(=O)O)cc2C(F)(F)F)C1=O.CC(C)N1Cc2c(cc(C3CC3)cc2C(F)(F)F)C1=O.CC(C)N1Cc2c(ccnc2C2CCC2)C1=O.CC(C)N1Cc2cc(Cl)ccc2C1=O. The van der Waals surface area contributed by atoms with Crippen LogP contribution in [0.3, 0.4) is 0 Å². The number of amides is 5. The summed E-state index contributed by atoms with van der Waals surface area (Å²) in [6.45, 7) is 20.1. The maximum absolute atomic E-state index is 13.4. The van der Waals surface area contributed by atoms with Crippen molar-refractivity contribution < 1.29 is 73.4 Å². The number of carbonyl (C=O) groups is 6. The predicted molar refractivity (Wildman–Crippen MR) is 328 cm³/mol. The van der Waals surface area contributed by atoms with E-state index in [1.807, 2.05) is 55.7 Å². The van der Waals surface area contributed by atoms with Gasteiger partial charge >= 0.3 is 24.5 Å². The fourth-order valence-electron chi connectivity index (χ4n) is 12.1. The van der Waals surface area contributed by atoms with Crippen LogP contribution in [0.5, 0.6) is 0 Å². The number of carboxylic acids is 1. The lowest BCUT2D eigenvalue weighted by molar-refractivity contribution is -0.139. The van der Waals surface area contributed by atoms with E-state index in [0.717, 1.165) is 48.2 Å². The molecule has 0 atom stereocenters. The first-order chi connectivity index (χ1) is 43.5. The Balaban J connectivity index is 0.000000138. The number of H-pyrrole nitrogens is 1. The number of benzene rings is 4. The third kappa shape index (κ3) is 14.4. The number of hydrogen-bond donors (Lipinski definition) is 2. The van der Waals surface area contributed by atoms with Crippen molar-refractivity contribution in [2.75, 3.05) is 0 Å². The van der Waals surface area contributed by atoms with Gasteiger partial charge in [0.1, 0.15) is 0 Å². The predicted octanol–water partition coefficient (Wildman–Crippen LogP) is 15.6. The maximum atomic E-state index is 13.4. The number of aromatic amines is 1. The number of aromatic nitrogens is 3. The highest BCUT2D eigenvalue weighted by Gasteiger charge is 2.45. The molecule has 6 aromatic rings. The molecule has 15 nitrogen and oxygen atoms in total. The second-order valence-corrected chi connectivity index (χ2v) is 26.0. The van der Waals surface area contributed by atoms with Crippen LogP contribution < -0.4 is 0 Å². The van der Waals surface area contributed by atoms with E-state index in [1.54, 1.807) is 52.1 Å². The Bertz CT molecular complexity index is 3890. The number of halogens is 10. The van der Waals surface area contributed by atoms with Crippen LogP contribution >= 0.6 is 11.6 Å². The fraction of sp³-hybridized carbons (Fsp3) is 0.441. The Morgan fingerprint density at radius 3 is 1.38 bits per heavy atom. The van der Waals surface area contributed by atoms with E-state index in [1.165, 1.54) is 63.5 Å². The molecule has 0 bridgehead atoms. The van der Waals surface area contributed by atoms with Crippen molar-refractivity contribution >= 4 is 47.1 Å².